The molecule has 0 heterocycles. The van der Waals surface area contributed by atoms with Crippen LogP contribution >= 0.6 is 23.2 Å². The van der Waals surface area contributed by atoms with Gasteiger partial charge >= 0.3 is 10.2 Å². The Kier molecular flexibility index (Phi) is 10.8. The average molecular weight is 572 g/mol. The maximum atomic E-state index is 13.9. The molecule has 0 unspecified atom stereocenters. The zero-order valence-corrected chi connectivity index (χ0v) is 24.7. The molecule has 2 rings (SSSR count). The van der Waals surface area contributed by atoms with Gasteiger partial charge in [0.15, 0.2) is 0 Å². The molecular formula is C26H36Cl2N4O4S. The summed E-state index contributed by atoms with van der Waals surface area (Å²) >= 11 is 12.5. The van der Waals surface area contributed by atoms with E-state index in [1.165, 1.54) is 19.0 Å². The van der Waals surface area contributed by atoms with Gasteiger partial charge in [-0.05, 0) is 69.0 Å². The summed E-state index contributed by atoms with van der Waals surface area (Å²) in [6.07, 6.45) is 0.319. The van der Waals surface area contributed by atoms with Crippen molar-refractivity contribution in [2.45, 2.75) is 59.7 Å². The van der Waals surface area contributed by atoms with E-state index in [1.54, 1.807) is 38.1 Å². The Balaban J connectivity index is 2.59. The summed E-state index contributed by atoms with van der Waals surface area (Å²) in [5, 5.41) is 3.65. The van der Waals surface area contributed by atoms with Gasteiger partial charge in [0.05, 0.1) is 5.69 Å². The van der Waals surface area contributed by atoms with Gasteiger partial charge in [-0.25, -0.2) is 4.31 Å². The molecule has 37 heavy (non-hydrogen) atoms. The highest BCUT2D eigenvalue weighted by Crippen LogP contribution is 2.27. The minimum atomic E-state index is -4.04. The molecule has 0 saturated carbocycles. The van der Waals surface area contributed by atoms with Gasteiger partial charge < -0.3 is 10.2 Å². The molecule has 0 aromatic heterocycles. The van der Waals surface area contributed by atoms with Crippen molar-refractivity contribution in [3.63, 3.8) is 0 Å². The molecule has 0 aliphatic heterocycles. The van der Waals surface area contributed by atoms with Crippen LogP contribution in [0.2, 0.25) is 10.0 Å². The number of hydrogen-bond donors (Lipinski definition) is 1. The van der Waals surface area contributed by atoms with Gasteiger partial charge in [0.2, 0.25) is 11.8 Å². The van der Waals surface area contributed by atoms with Crippen LogP contribution in [0.1, 0.15) is 43.9 Å². The highest BCUT2D eigenvalue weighted by atomic mass is 35.5. The van der Waals surface area contributed by atoms with E-state index in [0.717, 1.165) is 14.2 Å². The zero-order chi connectivity index (χ0) is 28.1. The van der Waals surface area contributed by atoms with Crippen molar-refractivity contribution in [2.24, 2.45) is 0 Å². The van der Waals surface area contributed by atoms with E-state index in [0.29, 0.717) is 33.3 Å². The molecule has 1 N–H and O–H groups in total. The van der Waals surface area contributed by atoms with E-state index in [2.05, 4.69) is 5.32 Å². The van der Waals surface area contributed by atoms with Crippen LogP contribution in [-0.2, 0) is 26.3 Å². The number of nitrogens with one attached hydrogen (secondary N) is 1. The lowest BCUT2D eigenvalue weighted by Gasteiger charge is -2.34. The summed E-state index contributed by atoms with van der Waals surface area (Å²) in [5.74, 6) is -0.868. The van der Waals surface area contributed by atoms with Crippen molar-refractivity contribution in [1.82, 2.24) is 14.5 Å². The van der Waals surface area contributed by atoms with Gasteiger partial charge in [-0.2, -0.15) is 12.7 Å². The molecule has 0 aliphatic rings. The maximum absolute atomic E-state index is 13.9. The molecule has 0 aliphatic carbocycles. The minimum Gasteiger partial charge on any atom is -0.352 e. The summed E-state index contributed by atoms with van der Waals surface area (Å²) < 4.78 is 28.9. The minimum absolute atomic E-state index is 0.00150. The monoisotopic (exact) mass is 570 g/mol. The number of halogens is 2. The number of aryl methyl sites for hydroxylation is 2. The number of anilines is 1. The van der Waals surface area contributed by atoms with E-state index in [-0.39, 0.29) is 18.5 Å². The Labute approximate surface area is 230 Å². The number of nitrogens with zero attached hydrogens (tertiary/aromatic N) is 3. The normalized spacial score (nSPS) is 12.5. The van der Waals surface area contributed by atoms with Crippen LogP contribution < -0.4 is 9.62 Å². The molecule has 11 heteroatoms. The molecule has 1 atom stereocenters. The standard InChI is InChI=1S/C26H36Cl2N4O4S/c1-8-23(26(34)29-17(2)3)31(15-20-11-12-21(27)14-22(20)28)25(33)16-32(37(35,36)30(6)7)24-13-18(4)9-10-19(24)5/h9-14,17,23H,8,15-16H2,1-7H3,(H,29,34)/t23-/m1/s1. The van der Waals surface area contributed by atoms with Crippen LogP contribution in [0.3, 0.4) is 0 Å². The summed E-state index contributed by atoms with van der Waals surface area (Å²) in [7, 11) is -1.22. The lowest BCUT2D eigenvalue weighted by molar-refractivity contribution is -0.140. The Morgan fingerprint density at radius 2 is 1.68 bits per heavy atom. The Bertz CT molecular complexity index is 1240. The first kappa shape index (κ1) is 30.9. The van der Waals surface area contributed by atoms with Crippen molar-refractivity contribution in [3.05, 3.63) is 63.1 Å². The Hall–Kier alpha value is -2.33. The highest BCUT2D eigenvalue weighted by molar-refractivity contribution is 7.90. The van der Waals surface area contributed by atoms with Crippen LogP contribution in [0.5, 0.6) is 0 Å². The summed E-state index contributed by atoms with van der Waals surface area (Å²) in [6, 6.07) is 9.34. The third-order valence-corrected chi connectivity index (χ3v) is 8.22. The second-order valence-electron chi connectivity index (χ2n) is 9.43. The van der Waals surface area contributed by atoms with Crippen molar-refractivity contribution >= 4 is 50.9 Å². The van der Waals surface area contributed by atoms with E-state index in [1.807, 2.05) is 32.9 Å². The van der Waals surface area contributed by atoms with E-state index in [9.17, 15) is 18.0 Å². The predicted octanol–water partition coefficient (Wildman–Crippen LogP) is 4.56. The molecule has 0 radical (unpaired) electrons. The average Bonchev–Trinajstić information content (AvgIpc) is 2.79. The fourth-order valence-electron chi connectivity index (χ4n) is 3.82. The number of carbonyl (C=O) groups excluding carboxylic acids is 2. The number of rotatable bonds is 11. The molecule has 0 fully saturated rings. The lowest BCUT2D eigenvalue weighted by Crippen LogP contribution is -2.54. The number of benzene rings is 2. The van der Waals surface area contributed by atoms with Gasteiger partial charge in [-0.1, -0.05) is 48.3 Å². The second kappa shape index (κ2) is 13.0. The zero-order valence-electron chi connectivity index (χ0n) is 22.4. The van der Waals surface area contributed by atoms with E-state index < -0.39 is 28.7 Å². The first-order valence-electron chi connectivity index (χ1n) is 12.0. The second-order valence-corrected chi connectivity index (χ2v) is 12.3. The fraction of sp³-hybridized carbons (Fsp3) is 0.462. The van der Waals surface area contributed by atoms with Gasteiger partial charge in [0.25, 0.3) is 0 Å². The molecule has 8 nitrogen and oxygen atoms in total. The molecule has 204 valence electrons. The molecule has 0 saturated heterocycles. The number of hydrogen-bond acceptors (Lipinski definition) is 4. The first-order chi connectivity index (χ1) is 17.2. The molecule has 0 spiro atoms. The van der Waals surface area contributed by atoms with Crippen molar-refractivity contribution in [1.29, 1.82) is 0 Å². The summed E-state index contributed by atoms with van der Waals surface area (Å²) in [4.78, 5) is 28.4. The van der Waals surface area contributed by atoms with Crippen molar-refractivity contribution < 1.29 is 18.0 Å². The van der Waals surface area contributed by atoms with Gasteiger partial charge in [0, 0.05) is 36.7 Å². The lowest BCUT2D eigenvalue weighted by atomic mass is 10.1. The van der Waals surface area contributed by atoms with E-state index >= 15 is 0 Å². The van der Waals surface area contributed by atoms with Gasteiger partial charge in [0.1, 0.15) is 12.6 Å². The largest absolute Gasteiger partial charge is 0.352 e. The van der Waals surface area contributed by atoms with Crippen molar-refractivity contribution in [2.75, 3.05) is 24.9 Å². The smallest absolute Gasteiger partial charge is 0.304 e. The molecule has 0 bridgehead atoms. The van der Waals surface area contributed by atoms with Crippen LogP contribution in [0, 0.1) is 13.8 Å². The fourth-order valence-corrected chi connectivity index (χ4v) is 5.40. The summed E-state index contributed by atoms with van der Waals surface area (Å²) in [5.41, 5.74) is 2.52. The first-order valence-corrected chi connectivity index (χ1v) is 14.2. The quantitative estimate of drug-likeness (QED) is 0.429. The number of amides is 2. The highest BCUT2D eigenvalue weighted by Gasteiger charge is 2.34. The maximum Gasteiger partial charge on any atom is 0.304 e. The summed E-state index contributed by atoms with van der Waals surface area (Å²) in [6.45, 7) is 8.60. The predicted molar refractivity (Wildman–Crippen MR) is 150 cm³/mol. The molecular weight excluding hydrogens is 535 g/mol. The van der Waals surface area contributed by atoms with Gasteiger partial charge in [-0.15, -0.1) is 0 Å². The SMILES string of the molecule is CC[C@H](C(=O)NC(C)C)N(Cc1ccc(Cl)cc1Cl)C(=O)CN(c1cc(C)ccc1C)S(=O)(=O)N(C)C. The molecule has 2 aromatic carbocycles. The topological polar surface area (TPSA) is 90.0 Å². The van der Waals surface area contributed by atoms with Crippen molar-refractivity contribution in [3.8, 4) is 0 Å². The third-order valence-electron chi connectivity index (χ3n) is 5.82. The van der Waals surface area contributed by atoms with Crippen LogP contribution in [0.4, 0.5) is 5.69 Å². The van der Waals surface area contributed by atoms with Crippen LogP contribution in [0.25, 0.3) is 0 Å². The van der Waals surface area contributed by atoms with E-state index in [4.69, 9.17) is 23.2 Å². The number of carbonyl (C=O) groups is 2. The molecule has 2 aromatic rings. The molecule has 2 amide bonds. The Morgan fingerprint density at radius 3 is 2.22 bits per heavy atom. The van der Waals surface area contributed by atoms with Crippen LogP contribution in [0.15, 0.2) is 36.4 Å². The third kappa shape index (κ3) is 7.83. The van der Waals surface area contributed by atoms with Crippen LogP contribution in [-0.4, -0.2) is 62.2 Å². The Morgan fingerprint density at radius 1 is 1.03 bits per heavy atom. The van der Waals surface area contributed by atoms with Gasteiger partial charge in [-0.3, -0.25) is 9.59 Å².